The van der Waals surface area contributed by atoms with Gasteiger partial charge in [0.25, 0.3) is 5.91 Å². The summed E-state index contributed by atoms with van der Waals surface area (Å²) in [6.07, 6.45) is 2.88. The minimum absolute atomic E-state index is 0.101. The van der Waals surface area contributed by atoms with Gasteiger partial charge in [0, 0.05) is 0 Å². The molecule has 0 radical (unpaired) electrons. The van der Waals surface area contributed by atoms with Crippen LogP contribution in [0.3, 0.4) is 0 Å². The highest BCUT2D eigenvalue weighted by atomic mass is 16.2. The molecule has 1 heterocycles. The maximum atomic E-state index is 11.8. The van der Waals surface area contributed by atoms with Crippen molar-refractivity contribution < 1.29 is 4.79 Å². The van der Waals surface area contributed by atoms with Gasteiger partial charge in [0.05, 0.1) is 5.71 Å². The number of rotatable bonds is 5. The van der Waals surface area contributed by atoms with Crippen LogP contribution in [0.1, 0.15) is 19.4 Å². The van der Waals surface area contributed by atoms with Gasteiger partial charge in [-0.25, -0.2) is 15.1 Å². The molecule has 1 amide bonds. The molecule has 104 valence electrons. The van der Waals surface area contributed by atoms with Gasteiger partial charge in [-0.1, -0.05) is 44.2 Å². The van der Waals surface area contributed by atoms with Gasteiger partial charge in [-0.3, -0.25) is 4.79 Å². The summed E-state index contributed by atoms with van der Waals surface area (Å²) in [5.41, 5.74) is 4.41. The smallest absolute Gasteiger partial charge is 0.261 e. The predicted octanol–water partition coefficient (Wildman–Crippen LogP) is 1.45. The second kappa shape index (κ2) is 6.60. The van der Waals surface area contributed by atoms with Crippen LogP contribution in [0.15, 0.2) is 48.1 Å². The van der Waals surface area contributed by atoms with Crippen LogP contribution in [-0.2, 0) is 11.3 Å². The summed E-state index contributed by atoms with van der Waals surface area (Å²) < 4.78 is 1.45. The number of carbonyl (C=O) groups excluding carboxylic acids is 1. The minimum Gasteiger partial charge on any atom is -0.271 e. The number of hydrazone groups is 1. The van der Waals surface area contributed by atoms with Crippen molar-refractivity contribution >= 4 is 11.6 Å². The third-order valence-electron chi connectivity index (χ3n) is 2.69. The molecule has 0 fully saturated rings. The summed E-state index contributed by atoms with van der Waals surface area (Å²) in [5.74, 6) is -0.0198. The monoisotopic (exact) mass is 271 g/mol. The Labute approximate surface area is 117 Å². The molecule has 0 spiro atoms. The molecule has 0 saturated carbocycles. The number of nitrogens with one attached hydrogen (secondary N) is 1. The molecule has 20 heavy (non-hydrogen) atoms. The van der Waals surface area contributed by atoms with Crippen molar-refractivity contribution in [1.82, 2.24) is 20.2 Å². The molecule has 6 nitrogen and oxygen atoms in total. The van der Waals surface area contributed by atoms with Crippen LogP contribution in [0.25, 0.3) is 0 Å². The lowest BCUT2D eigenvalue weighted by Crippen LogP contribution is -2.26. The quantitative estimate of drug-likeness (QED) is 0.661. The zero-order valence-electron chi connectivity index (χ0n) is 11.5. The molecule has 0 atom stereocenters. The van der Waals surface area contributed by atoms with E-state index in [9.17, 15) is 4.79 Å². The molecular weight excluding hydrogens is 254 g/mol. The van der Waals surface area contributed by atoms with Gasteiger partial charge < -0.3 is 0 Å². The van der Waals surface area contributed by atoms with Gasteiger partial charge in [0.1, 0.15) is 19.2 Å². The van der Waals surface area contributed by atoms with Gasteiger partial charge in [-0.15, -0.1) is 0 Å². The summed E-state index contributed by atoms with van der Waals surface area (Å²) in [4.78, 5) is 15.5. The summed E-state index contributed by atoms with van der Waals surface area (Å²) in [5, 5.41) is 8.10. The van der Waals surface area contributed by atoms with Crippen molar-refractivity contribution in [1.29, 1.82) is 0 Å². The van der Waals surface area contributed by atoms with Gasteiger partial charge in [-0.05, 0) is 11.5 Å². The van der Waals surface area contributed by atoms with Gasteiger partial charge in [0.2, 0.25) is 0 Å². The van der Waals surface area contributed by atoms with Gasteiger partial charge in [-0.2, -0.15) is 10.2 Å². The van der Waals surface area contributed by atoms with Gasteiger partial charge >= 0.3 is 0 Å². The van der Waals surface area contributed by atoms with E-state index < -0.39 is 0 Å². The average Bonchev–Trinajstić information content (AvgIpc) is 2.92. The molecule has 6 heteroatoms. The van der Waals surface area contributed by atoms with Crippen LogP contribution in [0.4, 0.5) is 0 Å². The van der Waals surface area contributed by atoms with Crippen molar-refractivity contribution in [3.63, 3.8) is 0 Å². The highest BCUT2D eigenvalue weighted by Gasteiger charge is 2.09. The van der Waals surface area contributed by atoms with Crippen LogP contribution >= 0.6 is 0 Å². The maximum Gasteiger partial charge on any atom is 0.261 e. The number of benzene rings is 1. The predicted molar refractivity (Wildman–Crippen MR) is 76.0 cm³/mol. The van der Waals surface area contributed by atoms with E-state index >= 15 is 0 Å². The van der Waals surface area contributed by atoms with Crippen LogP contribution in [0.2, 0.25) is 0 Å². The number of amides is 1. The van der Waals surface area contributed by atoms with Crippen molar-refractivity contribution in [3.05, 3.63) is 48.5 Å². The molecular formula is C14H17N5O. The standard InChI is InChI=1S/C14H17N5O/c1-11(2)14(12-6-4-3-5-7-12)18-17-13(20)8-19-10-15-9-16-19/h3-7,9-11H,8H2,1-2H3,(H,17,20). The number of hydrogen-bond donors (Lipinski definition) is 1. The number of hydrogen-bond acceptors (Lipinski definition) is 4. The van der Waals surface area contributed by atoms with Gasteiger partial charge in [0.15, 0.2) is 0 Å². The maximum absolute atomic E-state index is 11.8. The molecule has 0 saturated heterocycles. The second-order valence-corrected chi connectivity index (χ2v) is 4.65. The summed E-state index contributed by atoms with van der Waals surface area (Å²) in [7, 11) is 0. The van der Waals surface area contributed by atoms with E-state index in [1.165, 1.54) is 17.3 Å². The number of aromatic nitrogens is 3. The van der Waals surface area contributed by atoms with E-state index in [0.717, 1.165) is 11.3 Å². The van der Waals surface area contributed by atoms with Crippen molar-refractivity contribution in [3.8, 4) is 0 Å². The first kappa shape index (κ1) is 13.9. The summed E-state index contributed by atoms with van der Waals surface area (Å²) >= 11 is 0. The SMILES string of the molecule is CC(C)C(=NNC(=O)Cn1cncn1)c1ccccc1. The fraction of sp³-hybridized carbons (Fsp3) is 0.286. The van der Waals surface area contributed by atoms with Crippen molar-refractivity contribution in [2.24, 2.45) is 11.0 Å². The molecule has 0 bridgehead atoms. The van der Waals surface area contributed by atoms with Crippen molar-refractivity contribution in [2.45, 2.75) is 20.4 Å². The first-order chi connectivity index (χ1) is 9.66. The zero-order chi connectivity index (χ0) is 14.4. The molecule has 1 N–H and O–H groups in total. The third kappa shape index (κ3) is 3.74. The van der Waals surface area contributed by atoms with E-state index in [-0.39, 0.29) is 18.4 Å². The van der Waals surface area contributed by atoms with Crippen LogP contribution in [-0.4, -0.2) is 26.4 Å². The van der Waals surface area contributed by atoms with E-state index in [0.29, 0.717) is 0 Å². The lowest BCUT2D eigenvalue weighted by atomic mass is 10.0. The normalized spacial score (nSPS) is 11.7. The molecule has 1 aromatic heterocycles. The first-order valence-electron chi connectivity index (χ1n) is 6.41. The fourth-order valence-electron chi connectivity index (χ4n) is 1.76. The average molecular weight is 271 g/mol. The second-order valence-electron chi connectivity index (χ2n) is 4.65. The highest BCUT2D eigenvalue weighted by Crippen LogP contribution is 2.08. The van der Waals surface area contributed by atoms with Crippen molar-refractivity contribution in [2.75, 3.05) is 0 Å². The van der Waals surface area contributed by atoms with E-state index in [1.54, 1.807) is 0 Å². The summed E-state index contributed by atoms with van der Waals surface area (Å²) in [6.45, 7) is 4.18. The fourth-order valence-corrected chi connectivity index (χ4v) is 1.76. The number of carbonyl (C=O) groups is 1. The zero-order valence-corrected chi connectivity index (χ0v) is 11.5. The molecule has 0 unspecified atom stereocenters. The molecule has 2 rings (SSSR count). The van der Waals surface area contributed by atoms with Crippen LogP contribution in [0.5, 0.6) is 0 Å². The Balaban J connectivity index is 2.05. The lowest BCUT2D eigenvalue weighted by molar-refractivity contribution is -0.121. The Hall–Kier alpha value is -2.50. The topological polar surface area (TPSA) is 72.2 Å². The Kier molecular flexibility index (Phi) is 4.60. The van der Waals surface area contributed by atoms with Crippen LogP contribution in [0, 0.1) is 5.92 Å². The minimum atomic E-state index is -0.232. The van der Waals surface area contributed by atoms with Crippen LogP contribution < -0.4 is 5.43 Å². The highest BCUT2D eigenvalue weighted by molar-refractivity contribution is 6.02. The van der Waals surface area contributed by atoms with E-state index in [4.69, 9.17) is 0 Å². The van der Waals surface area contributed by atoms with E-state index in [2.05, 4.69) is 20.6 Å². The largest absolute Gasteiger partial charge is 0.271 e. The Bertz CT molecular complexity index is 575. The summed E-state index contributed by atoms with van der Waals surface area (Å²) in [6, 6.07) is 9.80. The molecule has 2 aromatic rings. The molecule has 0 aliphatic carbocycles. The lowest BCUT2D eigenvalue weighted by Gasteiger charge is -2.10. The Morgan fingerprint density at radius 2 is 2.10 bits per heavy atom. The Morgan fingerprint density at radius 1 is 1.35 bits per heavy atom. The Morgan fingerprint density at radius 3 is 2.70 bits per heavy atom. The molecule has 0 aliphatic heterocycles. The first-order valence-corrected chi connectivity index (χ1v) is 6.41. The number of nitrogens with zero attached hydrogens (tertiary/aromatic N) is 4. The molecule has 1 aromatic carbocycles. The van der Waals surface area contributed by atoms with E-state index in [1.807, 2.05) is 44.2 Å². The molecule has 0 aliphatic rings. The third-order valence-corrected chi connectivity index (χ3v) is 2.69.